The summed E-state index contributed by atoms with van der Waals surface area (Å²) in [7, 11) is 0. The molecule has 1 heterocycles. The van der Waals surface area contributed by atoms with Gasteiger partial charge in [0.2, 0.25) is 0 Å². The molecule has 7 heteroatoms. The SMILES string of the molecule is Cl.Cl.Oc1c(F)cc(Br)cc1[C@@H](C1CC1)N1CCNCC1. The van der Waals surface area contributed by atoms with E-state index in [1.165, 1.54) is 18.9 Å². The number of benzene rings is 1. The van der Waals surface area contributed by atoms with Crippen LogP contribution in [-0.2, 0) is 0 Å². The smallest absolute Gasteiger partial charge is 0.166 e. The second kappa shape index (κ2) is 7.97. The molecule has 1 aromatic carbocycles. The number of halogens is 4. The number of phenols is 1. The van der Waals surface area contributed by atoms with E-state index in [4.69, 9.17) is 0 Å². The molecule has 0 unspecified atom stereocenters. The van der Waals surface area contributed by atoms with Crippen LogP contribution in [0.25, 0.3) is 0 Å². The van der Waals surface area contributed by atoms with E-state index < -0.39 is 5.82 Å². The summed E-state index contributed by atoms with van der Waals surface area (Å²) in [5.41, 5.74) is 0.733. The van der Waals surface area contributed by atoms with Crippen LogP contribution in [0.1, 0.15) is 24.4 Å². The Balaban J connectivity index is 0.00000110. The Morgan fingerprint density at radius 1 is 1.24 bits per heavy atom. The van der Waals surface area contributed by atoms with Gasteiger partial charge in [-0.05, 0) is 30.9 Å². The van der Waals surface area contributed by atoms with Gasteiger partial charge in [0.05, 0.1) is 0 Å². The van der Waals surface area contributed by atoms with E-state index in [9.17, 15) is 9.50 Å². The third kappa shape index (κ3) is 4.23. The molecule has 2 N–H and O–H groups in total. The molecule has 21 heavy (non-hydrogen) atoms. The second-order valence-electron chi connectivity index (χ2n) is 5.39. The van der Waals surface area contributed by atoms with Crippen molar-refractivity contribution >= 4 is 40.7 Å². The van der Waals surface area contributed by atoms with Gasteiger partial charge in [0, 0.05) is 42.3 Å². The van der Waals surface area contributed by atoms with Gasteiger partial charge in [-0.3, -0.25) is 4.90 Å². The zero-order valence-electron chi connectivity index (χ0n) is 11.5. The first-order valence-electron chi connectivity index (χ1n) is 6.79. The zero-order chi connectivity index (χ0) is 13.4. The Morgan fingerprint density at radius 2 is 1.86 bits per heavy atom. The lowest BCUT2D eigenvalue weighted by Gasteiger charge is -2.35. The van der Waals surface area contributed by atoms with Crippen LogP contribution in [0, 0.1) is 11.7 Å². The van der Waals surface area contributed by atoms with Crippen molar-refractivity contribution in [2.24, 2.45) is 5.92 Å². The molecule has 0 amide bonds. The predicted octanol–water partition coefficient (Wildman–Crippen LogP) is 3.49. The fourth-order valence-electron chi connectivity index (χ4n) is 2.93. The van der Waals surface area contributed by atoms with Crippen molar-refractivity contribution in [2.45, 2.75) is 18.9 Å². The topological polar surface area (TPSA) is 35.5 Å². The monoisotopic (exact) mass is 400 g/mol. The van der Waals surface area contributed by atoms with Gasteiger partial charge in [0.1, 0.15) is 0 Å². The first kappa shape index (κ1) is 19.0. The fourth-order valence-corrected chi connectivity index (χ4v) is 3.38. The van der Waals surface area contributed by atoms with Crippen molar-refractivity contribution in [2.75, 3.05) is 26.2 Å². The molecule has 120 valence electrons. The number of rotatable bonds is 3. The maximum Gasteiger partial charge on any atom is 0.166 e. The van der Waals surface area contributed by atoms with E-state index in [2.05, 4.69) is 26.1 Å². The quantitative estimate of drug-likeness (QED) is 0.813. The van der Waals surface area contributed by atoms with Crippen LogP contribution in [0.2, 0.25) is 0 Å². The molecule has 0 bridgehead atoms. The average molecular weight is 402 g/mol. The molecule has 2 fully saturated rings. The molecular weight excluding hydrogens is 382 g/mol. The number of piperazine rings is 1. The minimum atomic E-state index is -0.537. The van der Waals surface area contributed by atoms with E-state index in [0.29, 0.717) is 10.4 Å². The lowest BCUT2D eigenvalue weighted by Crippen LogP contribution is -2.45. The molecule has 0 radical (unpaired) electrons. The summed E-state index contributed by atoms with van der Waals surface area (Å²) in [4.78, 5) is 2.37. The lowest BCUT2D eigenvalue weighted by molar-refractivity contribution is 0.153. The van der Waals surface area contributed by atoms with Crippen LogP contribution in [0.4, 0.5) is 4.39 Å². The number of hydrogen-bond donors (Lipinski definition) is 2. The van der Waals surface area contributed by atoms with Gasteiger partial charge in [0.25, 0.3) is 0 Å². The van der Waals surface area contributed by atoms with Gasteiger partial charge in [0.15, 0.2) is 11.6 Å². The number of nitrogens with zero attached hydrogens (tertiary/aromatic N) is 1. The van der Waals surface area contributed by atoms with Crippen molar-refractivity contribution in [1.29, 1.82) is 0 Å². The highest BCUT2D eigenvalue weighted by Crippen LogP contribution is 2.47. The van der Waals surface area contributed by atoms with Crippen molar-refractivity contribution < 1.29 is 9.50 Å². The van der Waals surface area contributed by atoms with E-state index >= 15 is 0 Å². The molecule has 1 aliphatic carbocycles. The maximum atomic E-state index is 13.7. The van der Waals surface area contributed by atoms with Gasteiger partial charge in [-0.1, -0.05) is 15.9 Å². The summed E-state index contributed by atoms with van der Waals surface area (Å²) in [5.74, 6) is -0.165. The second-order valence-corrected chi connectivity index (χ2v) is 6.31. The summed E-state index contributed by atoms with van der Waals surface area (Å²) in [6, 6.07) is 3.33. The minimum Gasteiger partial charge on any atom is -0.505 e. The van der Waals surface area contributed by atoms with Crippen LogP contribution < -0.4 is 5.32 Å². The first-order valence-corrected chi connectivity index (χ1v) is 7.59. The van der Waals surface area contributed by atoms with Crippen LogP contribution >= 0.6 is 40.7 Å². The first-order chi connectivity index (χ1) is 9.16. The molecule has 3 rings (SSSR count). The van der Waals surface area contributed by atoms with Crippen LogP contribution in [0.3, 0.4) is 0 Å². The summed E-state index contributed by atoms with van der Waals surface area (Å²) in [5, 5.41) is 13.4. The molecular formula is C14H20BrCl2FN2O. The van der Waals surface area contributed by atoms with Crippen LogP contribution in [0.5, 0.6) is 5.75 Å². The molecule has 0 aromatic heterocycles. The van der Waals surface area contributed by atoms with Gasteiger partial charge in [-0.15, -0.1) is 24.8 Å². The van der Waals surface area contributed by atoms with Gasteiger partial charge in [-0.2, -0.15) is 0 Å². The Labute approximate surface area is 145 Å². The van der Waals surface area contributed by atoms with Crippen molar-refractivity contribution in [3.8, 4) is 5.75 Å². The molecule has 2 aliphatic rings. The molecule has 1 aliphatic heterocycles. The largest absolute Gasteiger partial charge is 0.505 e. The molecule has 3 nitrogen and oxygen atoms in total. The summed E-state index contributed by atoms with van der Waals surface area (Å²) in [6.07, 6.45) is 2.34. The lowest BCUT2D eigenvalue weighted by atomic mass is 9.98. The summed E-state index contributed by atoms with van der Waals surface area (Å²) in [6.45, 7) is 3.82. The summed E-state index contributed by atoms with van der Waals surface area (Å²) >= 11 is 3.33. The molecule has 0 spiro atoms. The van der Waals surface area contributed by atoms with E-state index in [0.717, 1.165) is 31.7 Å². The normalized spacial score (nSPS) is 20.3. The van der Waals surface area contributed by atoms with Gasteiger partial charge in [-0.25, -0.2) is 4.39 Å². The average Bonchev–Trinajstić information content (AvgIpc) is 3.21. The Morgan fingerprint density at radius 3 is 2.43 bits per heavy atom. The van der Waals surface area contributed by atoms with E-state index in [1.807, 2.05) is 6.07 Å². The standard InChI is InChI=1S/C14H18BrFN2O.2ClH/c15-10-7-11(14(19)12(16)8-10)13(9-1-2-9)18-5-3-17-4-6-18;;/h7-9,13,17,19H,1-6H2;2*1H/t13-;;/m1../s1. The third-order valence-corrected chi connectivity index (χ3v) is 4.45. The summed E-state index contributed by atoms with van der Waals surface area (Å²) < 4.78 is 14.4. The van der Waals surface area contributed by atoms with Crippen molar-refractivity contribution in [1.82, 2.24) is 10.2 Å². The highest BCUT2D eigenvalue weighted by molar-refractivity contribution is 9.10. The fraction of sp³-hybridized carbons (Fsp3) is 0.571. The predicted molar refractivity (Wildman–Crippen MR) is 90.2 cm³/mol. The number of nitrogens with one attached hydrogen (secondary N) is 1. The Bertz CT molecular complexity index is 482. The van der Waals surface area contributed by atoms with Gasteiger partial charge >= 0.3 is 0 Å². The highest BCUT2D eigenvalue weighted by atomic mass is 79.9. The minimum absolute atomic E-state index is 0. The van der Waals surface area contributed by atoms with Crippen LogP contribution in [0.15, 0.2) is 16.6 Å². The van der Waals surface area contributed by atoms with E-state index in [-0.39, 0.29) is 36.6 Å². The molecule has 1 saturated heterocycles. The Hall–Kier alpha value is -0.0700. The van der Waals surface area contributed by atoms with Crippen LogP contribution in [-0.4, -0.2) is 36.2 Å². The van der Waals surface area contributed by atoms with Gasteiger partial charge < -0.3 is 10.4 Å². The van der Waals surface area contributed by atoms with Crippen molar-refractivity contribution in [3.05, 3.63) is 28.0 Å². The number of hydrogen-bond acceptors (Lipinski definition) is 3. The zero-order valence-corrected chi connectivity index (χ0v) is 14.7. The third-order valence-electron chi connectivity index (χ3n) is 3.99. The highest BCUT2D eigenvalue weighted by Gasteiger charge is 2.38. The molecule has 1 atom stereocenters. The Kier molecular flexibility index (Phi) is 7.20. The molecule has 1 aromatic rings. The maximum absolute atomic E-state index is 13.7. The molecule has 1 saturated carbocycles. The van der Waals surface area contributed by atoms with Crippen molar-refractivity contribution in [3.63, 3.8) is 0 Å². The van der Waals surface area contributed by atoms with E-state index in [1.54, 1.807) is 0 Å². The number of aromatic hydroxyl groups is 1. The number of phenolic OH excluding ortho intramolecular Hbond substituents is 1.